The second-order valence-electron chi connectivity index (χ2n) is 9.60. The van der Waals surface area contributed by atoms with Crippen LogP contribution in [0.1, 0.15) is 34.7 Å². The summed E-state index contributed by atoms with van der Waals surface area (Å²) in [5.74, 6) is -0.737. The van der Waals surface area contributed by atoms with Crippen molar-refractivity contribution < 1.29 is 18.0 Å². The first-order valence-electron chi connectivity index (χ1n) is 12.7. The standard InChI is InChI=1S/C30H37N3O4S/c1-6-31-30(35)28(19-25-12-8-7-9-13-25)32(20-26-17-15-22(2)16-18-26)29(34)21-33(38(5,36)37)27-14-10-11-23(3)24(27)4/h7-18,28H,6,19-21H2,1-5H3,(H,31,35)/t28-/m1/s1. The molecule has 0 bridgehead atoms. The van der Waals surface area contributed by atoms with Gasteiger partial charge in [0.2, 0.25) is 21.8 Å². The molecule has 0 spiro atoms. The molecule has 202 valence electrons. The Labute approximate surface area is 226 Å². The van der Waals surface area contributed by atoms with E-state index in [-0.39, 0.29) is 12.5 Å². The van der Waals surface area contributed by atoms with Crippen LogP contribution in [-0.4, -0.2) is 50.5 Å². The van der Waals surface area contributed by atoms with Gasteiger partial charge in [0, 0.05) is 19.5 Å². The molecule has 0 saturated heterocycles. The molecule has 3 aromatic rings. The van der Waals surface area contributed by atoms with Gasteiger partial charge in [-0.05, 0) is 56.0 Å². The normalized spacial score (nSPS) is 12.0. The number of benzene rings is 3. The van der Waals surface area contributed by atoms with Crippen LogP contribution in [0.4, 0.5) is 5.69 Å². The number of likely N-dealkylation sites (N-methyl/N-ethyl adjacent to an activating group) is 1. The fraction of sp³-hybridized carbons (Fsp3) is 0.333. The molecule has 0 aliphatic rings. The van der Waals surface area contributed by atoms with Gasteiger partial charge in [0.05, 0.1) is 11.9 Å². The van der Waals surface area contributed by atoms with Crippen LogP contribution in [0.25, 0.3) is 0 Å². The van der Waals surface area contributed by atoms with Crippen molar-refractivity contribution in [1.82, 2.24) is 10.2 Å². The highest BCUT2D eigenvalue weighted by Gasteiger charge is 2.33. The average Bonchev–Trinajstić information content (AvgIpc) is 2.87. The van der Waals surface area contributed by atoms with E-state index in [1.165, 1.54) is 4.90 Å². The number of nitrogens with zero attached hydrogens (tertiary/aromatic N) is 2. The summed E-state index contributed by atoms with van der Waals surface area (Å²) in [6.45, 7) is 7.70. The van der Waals surface area contributed by atoms with E-state index < -0.39 is 28.5 Å². The van der Waals surface area contributed by atoms with Crippen molar-refractivity contribution >= 4 is 27.5 Å². The molecule has 0 radical (unpaired) electrons. The molecule has 7 nitrogen and oxygen atoms in total. The van der Waals surface area contributed by atoms with Gasteiger partial charge >= 0.3 is 0 Å². The Hall–Kier alpha value is -3.65. The van der Waals surface area contributed by atoms with Gasteiger partial charge in [0.1, 0.15) is 12.6 Å². The SMILES string of the molecule is CCNC(=O)[C@@H](Cc1ccccc1)N(Cc1ccc(C)cc1)C(=O)CN(c1cccc(C)c1C)S(C)(=O)=O. The van der Waals surface area contributed by atoms with E-state index in [4.69, 9.17) is 0 Å². The van der Waals surface area contributed by atoms with Crippen LogP contribution in [0.3, 0.4) is 0 Å². The molecule has 0 aliphatic carbocycles. The van der Waals surface area contributed by atoms with Crippen molar-refractivity contribution in [2.24, 2.45) is 0 Å². The number of carbonyl (C=O) groups excluding carboxylic acids is 2. The molecular weight excluding hydrogens is 498 g/mol. The number of carbonyl (C=O) groups is 2. The summed E-state index contributed by atoms with van der Waals surface area (Å²) >= 11 is 0. The summed E-state index contributed by atoms with van der Waals surface area (Å²) in [5, 5.41) is 2.86. The van der Waals surface area contributed by atoms with Crippen molar-refractivity contribution in [2.45, 2.75) is 46.7 Å². The van der Waals surface area contributed by atoms with Crippen LogP contribution >= 0.6 is 0 Å². The van der Waals surface area contributed by atoms with Gasteiger partial charge in [-0.1, -0.05) is 72.3 Å². The highest BCUT2D eigenvalue weighted by Crippen LogP contribution is 2.26. The van der Waals surface area contributed by atoms with Crippen LogP contribution in [0, 0.1) is 20.8 Å². The highest BCUT2D eigenvalue weighted by atomic mass is 32.2. The van der Waals surface area contributed by atoms with Crippen LogP contribution in [0.2, 0.25) is 0 Å². The molecule has 38 heavy (non-hydrogen) atoms. The molecule has 0 unspecified atom stereocenters. The maximum absolute atomic E-state index is 14.0. The number of aryl methyl sites for hydroxylation is 2. The second kappa shape index (κ2) is 12.7. The van der Waals surface area contributed by atoms with Gasteiger partial charge in [-0.15, -0.1) is 0 Å². The average molecular weight is 536 g/mol. The van der Waals surface area contributed by atoms with Crippen molar-refractivity contribution in [3.8, 4) is 0 Å². The summed E-state index contributed by atoms with van der Waals surface area (Å²) in [7, 11) is -3.79. The minimum Gasteiger partial charge on any atom is -0.355 e. The Bertz CT molecular complexity index is 1360. The lowest BCUT2D eigenvalue weighted by atomic mass is 10.0. The van der Waals surface area contributed by atoms with Gasteiger partial charge in [-0.25, -0.2) is 8.42 Å². The minimum atomic E-state index is -3.79. The zero-order valence-electron chi connectivity index (χ0n) is 22.8. The Morgan fingerprint density at radius 1 is 0.868 bits per heavy atom. The third-order valence-corrected chi connectivity index (χ3v) is 7.75. The van der Waals surface area contributed by atoms with Crippen molar-refractivity contribution in [2.75, 3.05) is 23.7 Å². The first-order valence-corrected chi connectivity index (χ1v) is 14.6. The Balaban J connectivity index is 2.06. The van der Waals surface area contributed by atoms with E-state index in [0.29, 0.717) is 18.7 Å². The smallest absolute Gasteiger partial charge is 0.244 e. The molecule has 2 amide bonds. The van der Waals surface area contributed by atoms with E-state index in [1.54, 1.807) is 12.1 Å². The fourth-order valence-electron chi connectivity index (χ4n) is 4.34. The molecule has 3 aromatic carbocycles. The van der Waals surface area contributed by atoms with Crippen LogP contribution in [0.15, 0.2) is 72.8 Å². The van der Waals surface area contributed by atoms with E-state index in [9.17, 15) is 18.0 Å². The Kier molecular flexibility index (Phi) is 9.69. The maximum atomic E-state index is 14.0. The quantitative estimate of drug-likeness (QED) is 0.400. The Morgan fingerprint density at radius 2 is 1.53 bits per heavy atom. The van der Waals surface area contributed by atoms with Gasteiger partial charge in [-0.3, -0.25) is 13.9 Å². The summed E-state index contributed by atoms with van der Waals surface area (Å²) in [4.78, 5) is 28.9. The van der Waals surface area contributed by atoms with Gasteiger partial charge in [-0.2, -0.15) is 0 Å². The predicted molar refractivity (Wildman–Crippen MR) is 152 cm³/mol. The van der Waals surface area contributed by atoms with Crippen molar-refractivity contribution in [1.29, 1.82) is 0 Å². The molecule has 8 heteroatoms. The lowest BCUT2D eigenvalue weighted by Crippen LogP contribution is -2.53. The lowest BCUT2D eigenvalue weighted by molar-refractivity contribution is -0.140. The molecule has 1 atom stereocenters. The predicted octanol–water partition coefficient (Wildman–Crippen LogP) is 4.15. The summed E-state index contributed by atoms with van der Waals surface area (Å²) < 4.78 is 27.0. The molecular formula is C30H37N3O4S. The molecule has 1 N–H and O–H groups in total. The fourth-order valence-corrected chi connectivity index (χ4v) is 5.24. The molecule has 0 saturated carbocycles. The maximum Gasteiger partial charge on any atom is 0.244 e. The Morgan fingerprint density at radius 3 is 2.13 bits per heavy atom. The number of rotatable bonds is 11. The molecule has 0 aromatic heterocycles. The number of amides is 2. The monoisotopic (exact) mass is 535 g/mol. The van der Waals surface area contributed by atoms with Gasteiger partial charge in [0.15, 0.2) is 0 Å². The molecule has 0 aliphatic heterocycles. The van der Waals surface area contributed by atoms with Gasteiger partial charge < -0.3 is 10.2 Å². The lowest BCUT2D eigenvalue weighted by Gasteiger charge is -2.34. The minimum absolute atomic E-state index is 0.165. The van der Waals surface area contributed by atoms with Crippen LogP contribution in [-0.2, 0) is 32.6 Å². The zero-order valence-corrected chi connectivity index (χ0v) is 23.6. The molecule has 3 rings (SSSR count). The molecule has 0 heterocycles. The third kappa shape index (κ3) is 7.44. The number of sulfonamides is 1. The number of anilines is 1. The summed E-state index contributed by atoms with van der Waals surface area (Å²) in [6.07, 6.45) is 1.39. The van der Waals surface area contributed by atoms with Crippen molar-refractivity contribution in [3.63, 3.8) is 0 Å². The van der Waals surface area contributed by atoms with Crippen LogP contribution < -0.4 is 9.62 Å². The van der Waals surface area contributed by atoms with E-state index >= 15 is 0 Å². The van der Waals surface area contributed by atoms with E-state index in [0.717, 1.165) is 38.4 Å². The molecule has 0 fully saturated rings. The largest absolute Gasteiger partial charge is 0.355 e. The zero-order chi connectivity index (χ0) is 27.9. The number of nitrogens with one attached hydrogen (secondary N) is 1. The van der Waals surface area contributed by atoms with E-state index in [1.807, 2.05) is 88.4 Å². The van der Waals surface area contributed by atoms with Gasteiger partial charge in [0.25, 0.3) is 0 Å². The summed E-state index contributed by atoms with van der Waals surface area (Å²) in [6, 6.07) is 21.8. The topological polar surface area (TPSA) is 86.8 Å². The van der Waals surface area contributed by atoms with Crippen LogP contribution in [0.5, 0.6) is 0 Å². The number of hydrogen-bond acceptors (Lipinski definition) is 4. The second-order valence-corrected chi connectivity index (χ2v) is 11.5. The highest BCUT2D eigenvalue weighted by molar-refractivity contribution is 7.92. The first-order chi connectivity index (χ1) is 18.0. The first kappa shape index (κ1) is 28.9. The van der Waals surface area contributed by atoms with Crippen molar-refractivity contribution in [3.05, 3.63) is 101 Å². The number of hydrogen-bond donors (Lipinski definition) is 1. The third-order valence-electron chi connectivity index (χ3n) is 6.62. The summed E-state index contributed by atoms with van der Waals surface area (Å²) in [5.41, 5.74) is 4.98. The van der Waals surface area contributed by atoms with E-state index in [2.05, 4.69) is 5.32 Å².